The quantitative estimate of drug-likeness (QED) is 0.628. The molecule has 94 valence electrons. The number of anilines is 1. The molecule has 1 amide bonds. The molecule has 0 unspecified atom stereocenters. The van der Waals surface area contributed by atoms with Crippen LogP contribution in [0, 0.1) is 5.82 Å². The van der Waals surface area contributed by atoms with Gasteiger partial charge in [-0.1, -0.05) is 0 Å². The lowest BCUT2D eigenvalue weighted by Gasteiger charge is -2.08. The van der Waals surface area contributed by atoms with Crippen LogP contribution in [0.3, 0.4) is 0 Å². The van der Waals surface area contributed by atoms with Crippen molar-refractivity contribution in [3.05, 3.63) is 24.0 Å². The molecule has 0 aliphatic carbocycles. The smallest absolute Gasteiger partial charge is 0.221 e. The minimum Gasteiger partial charge on any atom is -0.398 e. The van der Waals surface area contributed by atoms with Gasteiger partial charge in [-0.15, -0.1) is 11.8 Å². The summed E-state index contributed by atoms with van der Waals surface area (Å²) in [6, 6.07) is 4.45. The van der Waals surface area contributed by atoms with Crippen LogP contribution in [0.25, 0.3) is 0 Å². The first-order chi connectivity index (χ1) is 7.99. The Hall–Kier alpha value is -1.23. The molecule has 0 bridgehead atoms. The first-order valence-electron chi connectivity index (χ1n) is 5.46. The molecule has 1 aromatic rings. The lowest BCUT2D eigenvalue weighted by Crippen LogP contribution is -2.30. The molecule has 3 N–H and O–H groups in total. The number of carbonyl (C=O) groups excluding carboxylic acids is 1. The number of nitrogen functional groups attached to an aromatic ring is 1. The Bertz CT molecular complexity index is 396. The number of thioether (sulfide) groups is 1. The van der Waals surface area contributed by atoms with Crippen LogP contribution in [0.2, 0.25) is 0 Å². The van der Waals surface area contributed by atoms with E-state index in [4.69, 9.17) is 5.73 Å². The molecule has 0 spiro atoms. The number of nitrogens with two attached hydrogens (primary N) is 1. The predicted molar refractivity (Wildman–Crippen MR) is 69.4 cm³/mol. The number of halogens is 1. The Balaban J connectivity index is 2.38. The number of amides is 1. The van der Waals surface area contributed by atoms with Crippen LogP contribution in [-0.4, -0.2) is 17.7 Å². The lowest BCUT2D eigenvalue weighted by atomic mass is 10.3. The number of carbonyl (C=O) groups is 1. The van der Waals surface area contributed by atoms with Gasteiger partial charge < -0.3 is 11.1 Å². The van der Waals surface area contributed by atoms with E-state index in [1.54, 1.807) is 6.07 Å². The fourth-order valence-electron chi connectivity index (χ4n) is 1.30. The Kier molecular flexibility index (Phi) is 5.28. The summed E-state index contributed by atoms with van der Waals surface area (Å²) in [5, 5.41) is 2.81. The van der Waals surface area contributed by atoms with Crippen LogP contribution in [0.1, 0.15) is 20.3 Å². The molecule has 0 aliphatic heterocycles. The Labute approximate surface area is 105 Å². The normalized spacial score (nSPS) is 10.6. The lowest BCUT2D eigenvalue weighted by molar-refractivity contribution is -0.121. The third-order valence-corrected chi connectivity index (χ3v) is 3.10. The van der Waals surface area contributed by atoms with Gasteiger partial charge in [0.05, 0.1) is 0 Å². The standard InChI is InChI=1S/C12H17FN2OS/c1-8(2)15-12(16)5-6-17-11-4-3-9(13)7-10(11)14/h3-4,7-8H,5-6,14H2,1-2H3,(H,15,16). The van der Waals surface area contributed by atoms with Crippen molar-refractivity contribution in [2.24, 2.45) is 0 Å². The predicted octanol–water partition coefficient (Wildman–Crippen LogP) is 2.41. The van der Waals surface area contributed by atoms with Crippen LogP contribution in [0.4, 0.5) is 10.1 Å². The summed E-state index contributed by atoms with van der Waals surface area (Å²) in [7, 11) is 0. The maximum atomic E-state index is 12.8. The van der Waals surface area contributed by atoms with Gasteiger partial charge in [-0.05, 0) is 32.0 Å². The van der Waals surface area contributed by atoms with Gasteiger partial charge in [-0.2, -0.15) is 0 Å². The SMILES string of the molecule is CC(C)NC(=O)CCSc1ccc(F)cc1N. The number of hydrogen-bond donors (Lipinski definition) is 2. The first kappa shape index (κ1) is 13.8. The van der Waals surface area contributed by atoms with Crippen LogP contribution in [0.15, 0.2) is 23.1 Å². The molecule has 17 heavy (non-hydrogen) atoms. The van der Waals surface area contributed by atoms with Gasteiger partial charge in [0.2, 0.25) is 5.91 Å². The Morgan fingerprint density at radius 1 is 1.53 bits per heavy atom. The van der Waals surface area contributed by atoms with Crippen LogP contribution < -0.4 is 11.1 Å². The van der Waals surface area contributed by atoms with Gasteiger partial charge >= 0.3 is 0 Å². The van der Waals surface area contributed by atoms with E-state index in [0.717, 1.165) is 4.90 Å². The second-order valence-electron chi connectivity index (χ2n) is 4.00. The molecule has 1 rings (SSSR count). The topological polar surface area (TPSA) is 55.1 Å². The number of rotatable bonds is 5. The van der Waals surface area contributed by atoms with Crippen molar-refractivity contribution in [1.29, 1.82) is 0 Å². The molecule has 0 saturated carbocycles. The Morgan fingerprint density at radius 3 is 2.82 bits per heavy atom. The third kappa shape index (κ3) is 5.08. The molecule has 0 aromatic heterocycles. The van der Waals surface area contributed by atoms with Gasteiger partial charge in [0, 0.05) is 28.8 Å². The van der Waals surface area contributed by atoms with E-state index in [9.17, 15) is 9.18 Å². The van der Waals surface area contributed by atoms with Gasteiger partial charge in [0.25, 0.3) is 0 Å². The molecule has 0 saturated heterocycles. The monoisotopic (exact) mass is 256 g/mol. The van der Waals surface area contributed by atoms with Crippen molar-refractivity contribution < 1.29 is 9.18 Å². The molecule has 0 aliphatic rings. The van der Waals surface area contributed by atoms with E-state index in [0.29, 0.717) is 17.9 Å². The van der Waals surface area contributed by atoms with Crippen LogP contribution in [0.5, 0.6) is 0 Å². The average Bonchev–Trinajstić information content (AvgIpc) is 2.20. The van der Waals surface area contributed by atoms with E-state index in [1.807, 2.05) is 13.8 Å². The van der Waals surface area contributed by atoms with Crippen LogP contribution >= 0.6 is 11.8 Å². The second kappa shape index (κ2) is 6.49. The van der Waals surface area contributed by atoms with Crippen molar-refractivity contribution in [1.82, 2.24) is 5.32 Å². The second-order valence-corrected chi connectivity index (χ2v) is 5.14. The maximum absolute atomic E-state index is 12.8. The summed E-state index contributed by atoms with van der Waals surface area (Å²) in [5.74, 6) is 0.312. The van der Waals surface area contributed by atoms with E-state index in [2.05, 4.69) is 5.32 Å². The molecule has 0 radical (unpaired) electrons. The third-order valence-electron chi connectivity index (χ3n) is 2.01. The number of nitrogens with one attached hydrogen (secondary N) is 1. The minimum atomic E-state index is -0.343. The van der Waals surface area contributed by atoms with Crippen LogP contribution in [-0.2, 0) is 4.79 Å². The summed E-state index contributed by atoms with van der Waals surface area (Å²) in [6.45, 7) is 3.84. The highest BCUT2D eigenvalue weighted by atomic mass is 32.2. The molecule has 3 nitrogen and oxygen atoms in total. The maximum Gasteiger partial charge on any atom is 0.221 e. The summed E-state index contributed by atoms with van der Waals surface area (Å²) in [6.07, 6.45) is 0.430. The van der Waals surface area contributed by atoms with Crippen molar-refractivity contribution >= 4 is 23.4 Å². The van der Waals surface area contributed by atoms with Gasteiger partial charge in [-0.3, -0.25) is 4.79 Å². The van der Waals surface area contributed by atoms with E-state index >= 15 is 0 Å². The highest BCUT2D eigenvalue weighted by molar-refractivity contribution is 7.99. The zero-order chi connectivity index (χ0) is 12.8. The summed E-state index contributed by atoms with van der Waals surface area (Å²) >= 11 is 1.46. The van der Waals surface area contributed by atoms with Crippen molar-refractivity contribution in [3.63, 3.8) is 0 Å². The average molecular weight is 256 g/mol. The number of benzene rings is 1. The molecule has 0 heterocycles. The highest BCUT2D eigenvalue weighted by Crippen LogP contribution is 2.25. The summed E-state index contributed by atoms with van der Waals surface area (Å²) in [5.41, 5.74) is 6.07. The molecule has 5 heteroatoms. The molecular weight excluding hydrogens is 239 g/mol. The molecular formula is C12H17FN2OS. The van der Waals surface area contributed by atoms with E-state index in [1.165, 1.54) is 23.9 Å². The summed E-state index contributed by atoms with van der Waals surface area (Å²) in [4.78, 5) is 12.2. The largest absolute Gasteiger partial charge is 0.398 e. The first-order valence-corrected chi connectivity index (χ1v) is 6.45. The molecule has 0 fully saturated rings. The van der Waals surface area contributed by atoms with Crippen molar-refractivity contribution in [3.8, 4) is 0 Å². The van der Waals surface area contributed by atoms with Gasteiger partial charge in [0.15, 0.2) is 0 Å². The van der Waals surface area contributed by atoms with Crippen molar-refractivity contribution in [2.45, 2.75) is 31.2 Å². The highest BCUT2D eigenvalue weighted by Gasteiger charge is 2.05. The Morgan fingerprint density at radius 2 is 2.24 bits per heavy atom. The minimum absolute atomic E-state index is 0.0215. The van der Waals surface area contributed by atoms with Crippen molar-refractivity contribution in [2.75, 3.05) is 11.5 Å². The van der Waals surface area contributed by atoms with E-state index in [-0.39, 0.29) is 17.8 Å². The van der Waals surface area contributed by atoms with Gasteiger partial charge in [0.1, 0.15) is 5.82 Å². The fraction of sp³-hybridized carbons (Fsp3) is 0.417. The molecule has 1 aromatic carbocycles. The zero-order valence-electron chi connectivity index (χ0n) is 10.00. The zero-order valence-corrected chi connectivity index (χ0v) is 10.8. The van der Waals surface area contributed by atoms with E-state index < -0.39 is 0 Å². The molecule has 0 atom stereocenters. The number of hydrogen-bond acceptors (Lipinski definition) is 3. The fourth-order valence-corrected chi connectivity index (χ4v) is 2.20. The summed E-state index contributed by atoms with van der Waals surface area (Å²) < 4.78 is 12.8. The van der Waals surface area contributed by atoms with Gasteiger partial charge in [-0.25, -0.2) is 4.39 Å².